The van der Waals surface area contributed by atoms with Crippen LogP contribution in [0.25, 0.3) is 0 Å². The van der Waals surface area contributed by atoms with Crippen LogP contribution in [0.1, 0.15) is 24.0 Å². The Kier molecular flexibility index (Phi) is 7.83. The molecule has 0 radical (unpaired) electrons. The third-order valence-electron chi connectivity index (χ3n) is 4.35. The van der Waals surface area contributed by atoms with E-state index in [1.165, 1.54) is 23.2 Å². The number of benzene rings is 2. The Morgan fingerprint density at radius 2 is 2.04 bits per heavy atom. The van der Waals surface area contributed by atoms with Crippen LogP contribution in [0.3, 0.4) is 0 Å². The molecule has 0 saturated carbocycles. The molecule has 1 aliphatic rings. The van der Waals surface area contributed by atoms with Crippen molar-refractivity contribution in [3.63, 3.8) is 0 Å². The van der Waals surface area contributed by atoms with Crippen LogP contribution < -0.4 is 10.1 Å². The van der Waals surface area contributed by atoms with Gasteiger partial charge in [0.1, 0.15) is 5.75 Å². The standard InChI is InChI=1S/C21H27NO3S/c23-19(15-22-13-5-9-17-7-2-1-3-8-17)16-25-26-20-12-4-10-18-11-6-14-24-21(18)20/h1-4,7-8,10,12,19,22-23H,5-6,9,11,13-16H2. The van der Waals surface area contributed by atoms with Gasteiger partial charge < -0.3 is 19.3 Å². The highest BCUT2D eigenvalue weighted by Gasteiger charge is 2.15. The highest BCUT2D eigenvalue weighted by Crippen LogP contribution is 2.35. The third kappa shape index (κ3) is 6.02. The molecular formula is C21H27NO3S. The van der Waals surface area contributed by atoms with Gasteiger partial charge in [-0.25, -0.2) is 0 Å². The first-order valence-corrected chi connectivity index (χ1v) is 10.0. The highest BCUT2D eigenvalue weighted by atomic mass is 32.2. The van der Waals surface area contributed by atoms with Crippen molar-refractivity contribution in [1.29, 1.82) is 0 Å². The summed E-state index contributed by atoms with van der Waals surface area (Å²) in [7, 11) is 0. The van der Waals surface area contributed by atoms with E-state index < -0.39 is 6.10 Å². The average Bonchev–Trinajstić information content (AvgIpc) is 2.69. The molecule has 3 rings (SSSR count). The van der Waals surface area contributed by atoms with Crippen LogP contribution in [0.4, 0.5) is 0 Å². The Morgan fingerprint density at radius 1 is 1.15 bits per heavy atom. The van der Waals surface area contributed by atoms with Crippen LogP contribution >= 0.6 is 12.0 Å². The Balaban J connectivity index is 1.29. The fourth-order valence-corrected chi connectivity index (χ4v) is 3.74. The molecule has 0 saturated heterocycles. The van der Waals surface area contributed by atoms with Crippen LogP contribution in [0, 0.1) is 0 Å². The number of nitrogens with one attached hydrogen (secondary N) is 1. The maximum atomic E-state index is 10.0. The van der Waals surface area contributed by atoms with E-state index in [1.54, 1.807) is 0 Å². The summed E-state index contributed by atoms with van der Waals surface area (Å²) in [6, 6.07) is 16.6. The topological polar surface area (TPSA) is 50.7 Å². The molecule has 2 N–H and O–H groups in total. The summed E-state index contributed by atoms with van der Waals surface area (Å²) in [5, 5.41) is 13.3. The van der Waals surface area contributed by atoms with Crippen molar-refractivity contribution in [3.05, 3.63) is 59.7 Å². The summed E-state index contributed by atoms with van der Waals surface area (Å²) in [6.07, 6.45) is 3.71. The van der Waals surface area contributed by atoms with Gasteiger partial charge >= 0.3 is 0 Å². The predicted molar refractivity (Wildman–Crippen MR) is 106 cm³/mol. The lowest BCUT2D eigenvalue weighted by molar-refractivity contribution is 0.117. The maximum absolute atomic E-state index is 10.0. The van der Waals surface area contributed by atoms with Gasteiger partial charge in [-0.05, 0) is 49.4 Å². The van der Waals surface area contributed by atoms with Crippen LogP contribution in [0.2, 0.25) is 0 Å². The molecule has 2 aromatic carbocycles. The number of hydrogen-bond acceptors (Lipinski definition) is 5. The van der Waals surface area contributed by atoms with Gasteiger partial charge in [-0.2, -0.15) is 0 Å². The summed E-state index contributed by atoms with van der Waals surface area (Å²) in [5.74, 6) is 0.942. The third-order valence-corrected chi connectivity index (χ3v) is 5.10. The van der Waals surface area contributed by atoms with E-state index in [4.69, 9.17) is 8.92 Å². The Labute approximate surface area is 160 Å². The molecule has 5 heteroatoms. The largest absolute Gasteiger partial charge is 0.492 e. The molecule has 0 aromatic heterocycles. The molecule has 0 aliphatic carbocycles. The predicted octanol–water partition coefficient (Wildman–Crippen LogP) is 3.62. The summed E-state index contributed by atoms with van der Waals surface area (Å²) < 4.78 is 11.4. The smallest absolute Gasteiger partial charge is 0.138 e. The summed E-state index contributed by atoms with van der Waals surface area (Å²) in [6.45, 7) is 2.48. The van der Waals surface area contributed by atoms with Gasteiger partial charge in [0, 0.05) is 18.6 Å². The van der Waals surface area contributed by atoms with Gasteiger partial charge in [-0.15, -0.1) is 0 Å². The van der Waals surface area contributed by atoms with E-state index in [2.05, 4.69) is 35.6 Å². The molecular weight excluding hydrogens is 346 g/mol. The molecule has 1 atom stereocenters. The zero-order valence-corrected chi connectivity index (χ0v) is 15.8. The Bertz CT molecular complexity index is 666. The monoisotopic (exact) mass is 373 g/mol. The van der Waals surface area contributed by atoms with Gasteiger partial charge in [0.2, 0.25) is 0 Å². The molecule has 26 heavy (non-hydrogen) atoms. The minimum Gasteiger partial charge on any atom is -0.492 e. The molecule has 140 valence electrons. The van der Waals surface area contributed by atoms with Crippen LogP contribution in [-0.4, -0.2) is 37.5 Å². The molecule has 4 nitrogen and oxygen atoms in total. The van der Waals surface area contributed by atoms with Crippen LogP contribution in [0.5, 0.6) is 5.75 Å². The fraction of sp³-hybridized carbons (Fsp3) is 0.429. The van der Waals surface area contributed by atoms with Crippen molar-refractivity contribution < 1.29 is 14.0 Å². The van der Waals surface area contributed by atoms with Crippen molar-refractivity contribution in [3.8, 4) is 5.75 Å². The molecule has 2 aromatic rings. The van der Waals surface area contributed by atoms with E-state index in [0.717, 1.165) is 49.5 Å². The van der Waals surface area contributed by atoms with E-state index in [0.29, 0.717) is 13.2 Å². The molecule has 0 amide bonds. The zero-order chi connectivity index (χ0) is 18.0. The number of aryl methyl sites for hydroxylation is 2. The zero-order valence-electron chi connectivity index (χ0n) is 15.0. The summed E-state index contributed by atoms with van der Waals surface area (Å²) >= 11 is 1.29. The molecule has 0 bridgehead atoms. The maximum Gasteiger partial charge on any atom is 0.138 e. The highest BCUT2D eigenvalue weighted by molar-refractivity contribution is 7.94. The average molecular weight is 374 g/mol. The number of hydrogen-bond donors (Lipinski definition) is 2. The first kappa shape index (κ1) is 19.2. The van der Waals surface area contributed by atoms with Crippen molar-refractivity contribution >= 4 is 12.0 Å². The lowest BCUT2D eigenvalue weighted by atomic mass is 10.1. The van der Waals surface area contributed by atoms with E-state index >= 15 is 0 Å². The second kappa shape index (κ2) is 10.6. The number of para-hydroxylation sites is 1. The van der Waals surface area contributed by atoms with Gasteiger partial charge in [0.25, 0.3) is 0 Å². The van der Waals surface area contributed by atoms with Crippen molar-refractivity contribution in [1.82, 2.24) is 5.32 Å². The van der Waals surface area contributed by atoms with Gasteiger partial charge in [-0.3, -0.25) is 0 Å². The quantitative estimate of drug-likeness (QED) is 0.492. The van der Waals surface area contributed by atoms with Crippen molar-refractivity contribution in [2.24, 2.45) is 0 Å². The second-order valence-corrected chi connectivity index (χ2v) is 7.35. The lowest BCUT2D eigenvalue weighted by Gasteiger charge is -2.19. The summed E-state index contributed by atoms with van der Waals surface area (Å²) in [4.78, 5) is 0.991. The van der Waals surface area contributed by atoms with Crippen LogP contribution in [0.15, 0.2) is 53.4 Å². The summed E-state index contributed by atoms with van der Waals surface area (Å²) in [5.41, 5.74) is 2.59. The van der Waals surface area contributed by atoms with E-state index in [1.807, 2.05) is 18.2 Å². The number of fused-ring (bicyclic) bond motifs is 1. The van der Waals surface area contributed by atoms with E-state index in [-0.39, 0.29) is 0 Å². The van der Waals surface area contributed by atoms with Crippen LogP contribution in [-0.2, 0) is 17.0 Å². The number of aliphatic hydroxyl groups is 1. The van der Waals surface area contributed by atoms with Gasteiger partial charge in [-0.1, -0.05) is 42.5 Å². The van der Waals surface area contributed by atoms with Crippen molar-refractivity contribution in [2.45, 2.75) is 36.7 Å². The number of aliphatic hydroxyl groups excluding tert-OH is 1. The Hall–Kier alpha value is -1.53. The second-order valence-electron chi connectivity index (χ2n) is 6.51. The van der Waals surface area contributed by atoms with Gasteiger partial charge in [0.05, 0.1) is 24.2 Å². The molecule has 0 spiro atoms. The fourth-order valence-electron chi connectivity index (χ4n) is 2.99. The molecule has 1 aliphatic heterocycles. The van der Waals surface area contributed by atoms with Gasteiger partial charge in [0.15, 0.2) is 0 Å². The lowest BCUT2D eigenvalue weighted by Crippen LogP contribution is -2.30. The SMILES string of the molecule is OC(CNCCCc1ccccc1)COSc1cccc2c1OCCC2. The minimum atomic E-state index is -0.514. The molecule has 1 unspecified atom stereocenters. The Morgan fingerprint density at radius 3 is 2.92 bits per heavy atom. The molecule has 0 fully saturated rings. The molecule has 1 heterocycles. The first-order chi connectivity index (χ1) is 12.8. The number of rotatable bonds is 10. The first-order valence-electron chi connectivity index (χ1n) is 9.30. The minimum absolute atomic E-state index is 0.292. The van der Waals surface area contributed by atoms with E-state index in [9.17, 15) is 5.11 Å². The number of ether oxygens (including phenoxy) is 1. The van der Waals surface area contributed by atoms with Crippen molar-refractivity contribution in [2.75, 3.05) is 26.3 Å². The normalized spacial score (nSPS) is 14.5.